The van der Waals surface area contributed by atoms with E-state index in [4.69, 9.17) is 19.4 Å². The molecule has 0 spiro atoms. The molecule has 0 bridgehead atoms. The number of para-hydroxylation sites is 3. The summed E-state index contributed by atoms with van der Waals surface area (Å²) >= 11 is 1.78. The van der Waals surface area contributed by atoms with Crippen molar-refractivity contribution in [3.63, 3.8) is 0 Å². The summed E-state index contributed by atoms with van der Waals surface area (Å²) in [5.41, 5.74) is 12.8. The fraction of sp³-hybridized carbons (Fsp3) is 0. The second-order valence-corrected chi connectivity index (χ2v) is 19.3. The molecule has 0 aliphatic carbocycles. The SMILES string of the molecule is N#Cc1cc(-c2nc(-c3ccc4sc5ccccc5c4c3)nc(-c3ccccc3-c3ccccc3)n2)ccc1-n1c2ccccc2c2ccc3c(c4ccccc4n3-c3ccc4oc5ccccc5c4c3)c21. The summed E-state index contributed by atoms with van der Waals surface area (Å²) in [6.45, 7) is 0. The maximum absolute atomic E-state index is 11.3. The molecule has 15 rings (SSSR count). The van der Waals surface area contributed by atoms with Gasteiger partial charge in [-0.25, -0.2) is 15.0 Å². The van der Waals surface area contributed by atoms with Gasteiger partial charge in [0.1, 0.15) is 17.2 Å². The molecule has 5 aromatic heterocycles. The van der Waals surface area contributed by atoms with Crippen molar-refractivity contribution in [2.24, 2.45) is 0 Å². The fourth-order valence-electron chi connectivity index (χ4n) is 11.0. The lowest BCUT2D eigenvalue weighted by Gasteiger charge is -2.14. The van der Waals surface area contributed by atoms with Crippen molar-refractivity contribution in [2.75, 3.05) is 0 Å². The average molecular weight is 937 g/mol. The van der Waals surface area contributed by atoms with E-state index in [0.717, 1.165) is 105 Å². The van der Waals surface area contributed by atoms with Crippen LogP contribution >= 0.6 is 11.3 Å². The molecule has 0 atom stereocenters. The van der Waals surface area contributed by atoms with Gasteiger partial charge in [0.25, 0.3) is 0 Å². The predicted octanol–water partition coefficient (Wildman–Crippen LogP) is 16.9. The zero-order chi connectivity index (χ0) is 47.4. The van der Waals surface area contributed by atoms with Gasteiger partial charge >= 0.3 is 0 Å². The highest BCUT2D eigenvalue weighted by atomic mass is 32.1. The zero-order valence-corrected chi connectivity index (χ0v) is 39.1. The number of nitriles is 1. The van der Waals surface area contributed by atoms with Crippen molar-refractivity contribution in [1.29, 1.82) is 5.26 Å². The largest absolute Gasteiger partial charge is 0.456 e. The predicted molar refractivity (Wildman–Crippen MR) is 295 cm³/mol. The number of nitrogens with zero attached hydrogens (tertiary/aromatic N) is 6. The summed E-state index contributed by atoms with van der Waals surface area (Å²) in [5, 5.41) is 20.2. The molecule has 72 heavy (non-hydrogen) atoms. The van der Waals surface area contributed by atoms with Gasteiger partial charge in [0.05, 0.1) is 33.3 Å². The number of hydrogen-bond acceptors (Lipinski definition) is 6. The van der Waals surface area contributed by atoms with E-state index in [2.05, 4.69) is 179 Å². The first-order valence-corrected chi connectivity index (χ1v) is 24.7. The molecule has 0 saturated carbocycles. The number of hydrogen-bond donors (Lipinski definition) is 0. The van der Waals surface area contributed by atoms with Gasteiger partial charge in [0.15, 0.2) is 17.5 Å². The Morgan fingerprint density at radius 2 is 1.04 bits per heavy atom. The number of fused-ring (bicyclic) bond motifs is 13. The van der Waals surface area contributed by atoms with E-state index in [1.807, 2.05) is 54.6 Å². The summed E-state index contributed by atoms with van der Waals surface area (Å²) in [4.78, 5) is 15.7. The number of benzene rings is 10. The molecule has 5 heterocycles. The Morgan fingerprint density at radius 1 is 0.403 bits per heavy atom. The third-order valence-electron chi connectivity index (χ3n) is 14.2. The highest BCUT2D eigenvalue weighted by molar-refractivity contribution is 7.25. The maximum Gasteiger partial charge on any atom is 0.164 e. The van der Waals surface area contributed by atoms with Gasteiger partial charge in [-0.05, 0) is 96.1 Å². The highest BCUT2D eigenvalue weighted by Gasteiger charge is 2.24. The zero-order valence-electron chi connectivity index (χ0n) is 38.3. The minimum atomic E-state index is 0.478. The van der Waals surface area contributed by atoms with Crippen LogP contribution in [0.3, 0.4) is 0 Å². The summed E-state index contributed by atoms with van der Waals surface area (Å²) in [5.74, 6) is 1.58. The second kappa shape index (κ2) is 15.7. The number of furan rings is 1. The van der Waals surface area contributed by atoms with Gasteiger partial charge in [-0.3, -0.25) is 0 Å². The van der Waals surface area contributed by atoms with Crippen molar-refractivity contribution < 1.29 is 4.42 Å². The van der Waals surface area contributed by atoms with Crippen molar-refractivity contribution in [1.82, 2.24) is 24.1 Å². The van der Waals surface area contributed by atoms with E-state index in [0.29, 0.717) is 28.6 Å². The highest BCUT2D eigenvalue weighted by Crippen LogP contribution is 2.44. The van der Waals surface area contributed by atoms with Crippen molar-refractivity contribution in [3.8, 4) is 62.7 Å². The molecule has 0 unspecified atom stereocenters. The van der Waals surface area contributed by atoms with Gasteiger partial charge in [0.2, 0.25) is 0 Å². The minimum Gasteiger partial charge on any atom is -0.456 e. The maximum atomic E-state index is 11.3. The molecular weight excluding hydrogens is 901 g/mol. The van der Waals surface area contributed by atoms with Gasteiger partial charge in [-0.1, -0.05) is 133 Å². The first-order chi connectivity index (χ1) is 35.6. The summed E-state index contributed by atoms with van der Waals surface area (Å²) in [6, 6.07) is 78.4. The van der Waals surface area contributed by atoms with Crippen molar-refractivity contribution in [3.05, 3.63) is 224 Å². The number of rotatable bonds is 6. The fourth-order valence-corrected chi connectivity index (χ4v) is 12.1. The Bertz CT molecular complexity index is 4780. The molecule has 0 aliphatic heterocycles. The van der Waals surface area contributed by atoms with Crippen LogP contribution < -0.4 is 0 Å². The normalized spacial score (nSPS) is 11.9. The standard InChI is InChI=1S/C64H36N6OS/c65-37-41-34-39(62-66-63(40-27-33-59-51(35-40)46-19-9-13-25-58(46)72-59)68-64(67-62)48-20-5-4-16-43(48)38-14-2-1-3-15-38)26-30-52(41)70-53-22-10-6-17-44(53)47-29-31-55-60(61(47)70)49-21-7-11-23-54(49)69(55)42-28-32-57-50(36-42)45-18-8-12-24-56(45)71-57/h1-36H. The smallest absolute Gasteiger partial charge is 0.164 e. The van der Waals surface area contributed by atoms with Crippen molar-refractivity contribution in [2.45, 2.75) is 0 Å². The lowest BCUT2D eigenvalue weighted by molar-refractivity contribution is 0.669. The number of thiophene rings is 1. The van der Waals surface area contributed by atoms with E-state index in [1.165, 1.54) is 14.8 Å². The Balaban J connectivity index is 0.948. The molecule has 8 heteroatoms. The van der Waals surface area contributed by atoms with E-state index >= 15 is 0 Å². The summed E-state index contributed by atoms with van der Waals surface area (Å²) in [6.07, 6.45) is 0. The van der Waals surface area contributed by atoms with Gasteiger partial charge < -0.3 is 13.6 Å². The first kappa shape index (κ1) is 40.2. The Kier molecular flexibility index (Phi) is 8.76. The molecule has 0 aliphatic rings. The van der Waals surface area contributed by atoms with Crippen LogP contribution in [0, 0.1) is 11.3 Å². The molecule has 0 amide bonds. The Morgan fingerprint density at radius 3 is 1.88 bits per heavy atom. The van der Waals surface area contributed by atoms with Gasteiger partial charge in [-0.2, -0.15) is 5.26 Å². The van der Waals surface area contributed by atoms with Gasteiger partial charge in [-0.15, -0.1) is 11.3 Å². The Labute approximate surface area is 415 Å². The lowest BCUT2D eigenvalue weighted by Crippen LogP contribution is -2.03. The van der Waals surface area contributed by atoms with E-state index < -0.39 is 0 Å². The minimum absolute atomic E-state index is 0.478. The molecule has 0 saturated heterocycles. The van der Waals surface area contributed by atoms with Crippen LogP contribution in [0.15, 0.2) is 223 Å². The first-order valence-electron chi connectivity index (χ1n) is 23.9. The second-order valence-electron chi connectivity index (χ2n) is 18.2. The van der Waals surface area contributed by atoms with E-state index in [-0.39, 0.29) is 0 Å². The van der Waals surface area contributed by atoms with Crippen LogP contribution in [0.2, 0.25) is 0 Å². The number of aromatic nitrogens is 5. The molecule has 15 aromatic rings. The summed E-state index contributed by atoms with van der Waals surface area (Å²) < 4.78 is 13.3. The molecule has 10 aromatic carbocycles. The topological polar surface area (TPSA) is 85.5 Å². The molecule has 0 radical (unpaired) electrons. The molecule has 0 N–H and O–H groups in total. The van der Waals surface area contributed by atoms with Crippen LogP contribution in [0.5, 0.6) is 0 Å². The monoisotopic (exact) mass is 936 g/mol. The molecule has 334 valence electrons. The van der Waals surface area contributed by atoms with E-state index in [1.54, 1.807) is 11.3 Å². The average Bonchev–Trinajstić information content (AvgIpc) is 4.20. The van der Waals surface area contributed by atoms with Crippen LogP contribution in [0.4, 0.5) is 0 Å². The van der Waals surface area contributed by atoms with Crippen LogP contribution in [-0.2, 0) is 0 Å². The summed E-state index contributed by atoms with van der Waals surface area (Å²) in [7, 11) is 0. The van der Waals surface area contributed by atoms with Crippen LogP contribution in [0.1, 0.15) is 5.56 Å². The quantitative estimate of drug-likeness (QED) is 0.166. The van der Waals surface area contributed by atoms with Crippen LogP contribution in [0.25, 0.3) is 142 Å². The van der Waals surface area contributed by atoms with Gasteiger partial charge in [0, 0.05) is 74.9 Å². The van der Waals surface area contributed by atoms with Crippen LogP contribution in [-0.4, -0.2) is 24.1 Å². The molecular formula is C64H36N6OS. The van der Waals surface area contributed by atoms with Crippen molar-refractivity contribution >= 4 is 97.1 Å². The lowest BCUT2D eigenvalue weighted by atomic mass is 9.99. The third kappa shape index (κ3) is 6.05. The molecule has 0 fully saturated rings. The molecule has 7 nitrogen and oxygen atoms in total. The Hall–Kier alpha value is -9.68. The van der Waals surface area contributed by atoms with E-state index in [9.17, 15) is 5.26 Å². The third-order valence-corrected chi connectivity index (χ3v) is 15.4.